The molecule has 0 unspecified atom stereocenters. The van der Waals surface area contributed by atoms with E-state index in [0.717, 1.165) is 6.42 Å². The average molecular weight is 546 g/mol. The minimum atomic E-state index is -1.03. The Bertz CT molecular complexity index is 1470. The number of benzene rings is 3. The van der Waals surface area contributed by atoms with Crippen LogP contribution in [0.25, 0.3) is 11.0 Å². The van der Waals surface area contributed by atoms with Crippen LogP contribution < -0.4 is 24.4 Å². The normalized spacial score (nSPS) is 11.8. The summed E-state index contributed by atoms with van der Waals surface area (Å²) in [4.78, 5) is 29.6. The molecule has 40 heavy (non-hydrogen) atoms. The second kappa shape index (κ2) is 13.0. The summed E-state index contributed by atoms with van der Waals surface area (Å²) in [6, 6.07) is 18.6. The number of fused-ring (bicyclic) bond motifs is 1. The molecule has 3 aromatic carbocycles. The maximum Gasteiger partial charge on any atom is 0.249 e. The summed E-state index contributed by atoms with van der Waals surface area (Å²) in [5, 5.41) is 11.4. The van der Waals surface area contributed by atoms with E-state index >= 15 is 0 Å². The van der Waals surface area contributed by atoms with Crippen molar-refractivity contribution in [2.24, 2.45) is 5.92 Å². The third-order valence-corrected chi connectivity index (χ3v) is 6.56. The van der Waals surface area contributed by atoms with Crippen molar-refractivity contribution in [3.8, 4) is 17.2 Å². The second-order valence-corrected chi connectivity index (χ2v) is 9.69. The maximum absolute atomic E-state index is 14.2. The first-order valence-corrected chi connectivity index (χ1v) is 13.1. The number of aromatic nitrogens is 3. The van der Waals surface area contributed by atoms with Gasteiger partial charge in [-0.3, -0.25) is 14.5 Å². The molecule has 0 saturated heterocycles. The van der Waals surface area contributed by atoms with Crippen LogP contribution in [-0.4, -0.2) is 54.7 Å². The second-order valence-electron chi connectivity index (χ2n) is 9.69. The van der Waals surface area contributed by atoms with Gasteiger partial charge in [-0.1, -0.05) is 43.3 Å². The Labute approximate surface area is 233 Å². The number of anilines is 1. The smallest absolute Gasteiger partial charge is 0.249 e. The Morgan fingerprint density at radius 1 is 0.925 bits per heavy atom. The van der Waals surface area contributed by atoms with E-state index in [9.17, 15) is 9.59 Å². The lowest BCUT2D eigenvalue weighted by Gasteiger charge is -2.32. The molecule has 0 bridgehead atoms. The molecule has 1 N–H and O–H groups in total. The quantitative estimate of drug-likeness (QED) is 0.281. The van der Waals surface area contributed by atoms with Crippen LogP contribution in [0.4, 0.5) is 5.69 Å². The molecule has 0 aliphatic carbocycles. The fraction of sp³-hybridized carbons (Fsp3) is 0.333. The van der Waals surface area contributed by atoms with Gasteiger partial charge in [0, 0.05) is 18.3 Å². The summed E-state index contributed by atoms with van der Waals surface area (Å²) in [5.74, 6) is 1.22. The van der Waals surface area contributed by atoms with Crippen molar-refractivity contribution in [1.82, 2.24) is 20.3 Å². The zero-order valence-electron chi connectivity index (χ0n) is 23.5. The number of rotatable bonds is 12. The summed E-state index contributed by atoms with van der Waals surface area (Å²) in [7, 11) is 4.62. The van der Waals surface area contributed by atoms with Gasteiger partial charge in [0.15, 0.2) is 11.5 Å². The summed E-state index contributed by atoms with van der Waals surface area (Å²) in [6.45, 7) is 4.51. The number of ether oxygens (including phenoxy) is 3. The molecule has 210 valence electrons. The predicted molar refractivity (Wildman–Crippen MR) is 153 cm³/mol. The minimum absolute atomic E-state index is 0.138. The largest absolute Gasteiger partial charge is 0.497 e. The van der Waals surface area contributed by atoms with Gasteiger partial charge in [-0.05, 0) is 54.3 Å². The Kier molecular flexibility index (Phi) is 9.21. The van der Waals surface area contributed by atoms with E-state index in [4.69, 9.17) is 14.2 Å². The molecular weight excluding hydrogens is 510 g/mol. The number of hydrogen-bond donors (Lipinski definition) is 1. The molecule has 0 fully saturated rings. The van der Waals surface area contributed by atoms with E-state index in [1.54, 1.807) is 56.7 Å². The number of nitrogens with one attached hydrogen (secondary N) is 1. The third kappa shape index (κ3) is 6.33. The van der Waals surface area contributed by atoms with Crippen LogP contribution in [0.1, 0.15) is 31.9 Å². The molecule has 10 nitrogen and oxygen atoms in total. The van der Waals surface area contributed by atoms with Crippen molar-refractivity contribution < 1.29 is 23.8 Å². The van der Waals surface area contributed by atoms with Crippen molar-refractivity contribution in [3.05, 3.63) is 72.3 Å². The zero-order chi connectivity index (χ0) is 28.6. The average Bonchev–Trinajstić information content (AvgIpc) is 3.37. The van der Waals surface area contributed by atoms with Crippen LogP contribution >= 0.6 is 0 Å². The van der Waals surface area contributed by atoms with Gasteiger partial charge in [0.25, 0.3) is 0 Å². The van der Waals surface area contributed by atoms with Gasteiger partial charge in [-0.15, -0.1) is 5.10 Å². The maximum atomic E-state index is 14.2. The first-order valence-electron chi connectivity index (χ1n) is 13.1. The van der Waals surface area contributed by atoms with E-state index in [2.05, 4.69) is 29.5 Å². The summed E-state index contributed by atoms with van der Waals surface area (Å²) < 4.78 is 17.9. The number of para-hydroxylation sites is 1. The molecule has 0 radical (unpaired) electrons. The Morgan fingerprint density at radius 2 is 1.70 bits per heavy atom. The van der Waals surface area contributed by atoms with Crippen LogP contribution in [-0.2, 0) is 16.1 Å². The SMILES string of the molecule is COc1cccc(N(C(=O)Cn2nnc3ccccc32)[C@@H](C(=O)NCCC(C)C)c2ccc(OC)c(OC)c2)c1. The van der Waals surface area contributed by atoms with Crippen molar-refractivity contribution in [2.75, 3.05) is 32.8 Å². The van der Waals surface area contributed by atoms with Crippen LogP contribution in [0.5, 0.6) is 17.2 Å². The minimum Gasteiger partial charge on any atom is -0.497 e. The first kappa shape index (κ1) is 28.4. The molecule has 0 aliphatic heterocycles. The van der Waals surface area contributed by atoms with Gasteiger partial charge < -0.3 is 19.5 Å². The molecule has 1 atom stereocenters. The molecule has 2 amide bonds. The van der Waals surface area contributed by atoms with E-state index in [1.165, 1.54) is 16.7 Å². The van der Waals surface area contributed by atoms with Gasteiger partial charge in [0.2, 0.25) is 11.8 Å². The molecule has 0 spiro atoms. The number of methoxy groups -OCH3 is 3. The molecule has 4 aromatic rings. The highest BCUT2D eigenvalue weighted by molar-refractivity contribution is 6.01. The van der Waals surface area contributed by atoms with Gasteiger partial charge in [-0.2, -0.15) is 0 Å². The standard InChI is InChI=1S/C30H35N5O5/c1-20(2)15-16-31-30(37)29(21-13-14-26(39-4)27(17-21)40-5)35(22-9-8-10-23(18-22)38-3)28(36)19-34-25-12-7-6-11-24(25)32-33-34/h6-14,17-18,20,29H,15-16,19H2,1-5H3,(H,31,37)/t29-/m1/s1. The fourth-order valence-corrected chi connectivity index (χ4v) is 4.46. The number of nitrogens with zero attached hydrogens (tertiary/aromatic N) is 4. The molecule has 1 heterocycles. The van der Waals surface area contributed by atoms with E-state index < -0.39 is 6.04 Å². The molecule has 10 heteroatoms. The van der Waals surface area contributed by atoms with Crippen LogP contribution in [0.15, 0.2) is 66.7 Å². The Hall–Kier alpha value is -4.60. The highest BCUT2D eigenvalue weighted by Crippen LogP contribution is 2.35. The van der Waals surface area contributed by atoms with E-state index in [-0.39, 0.29) is 18.4 Å². The lowest BCUT2D eigenvalue weighted by atomic mass is 10.0. The fourth-order valence-electron chi connectivity index (χ4n) is 4.46. The molecule has 0 aliphatic rings. The van der Waals surface area contributed by atoms with E-state index in [1.807, 2.05) is 24.3 Å². The van der Waals surface area contributed by atoms with Crippen LogP contribution in [0.3, 0.4) is 0 Å². The number of amides is 2. The van der Waals surface area contributed by atoms with Gasteiger partial charge in [0.05, 0.1) is 26.8 Å². The monoisotopic (exact) mass is 545 g/mol. The lowest BCUT2D eigenvalue weighted by Crippen LogP contribution is -2.45. The topological polar surface area (TPSA) is 108 Å². The van der Waals surface area contributed by atoms with Crippen LogP contribution in [0.2, 0.25) is 0 Å². The Balaban J connectivity index is 1.83. The van der Waals surface area contributed by atoms with Crippen molar-refractivity contribution in [3.63, 3.8) is 0 Å². The Morgan fingerprint density at radius 3 is 2.42 bits per heavy atom. The van der Waals surface area contributed by atoms with Gasteiger partial charge in [-0.25, -0.2) is 4.68 Å². The zero-order valence-corrected chi connectivity index (χ0v) is 23.5. The highest BCUT2D eigenvalue weighted by Gasteiger charge is 2.34. The molecule has 1 aromatic heterocycles. The predicted octanol–water partition coefficient (Wildman–Crippen LogP) is 4.39. The van der Waals surface area contributed by atoms with Gasteiger partial charge in [0.1, 0.15) is 23.9 Å². The number of carbonyl (C=O) groups excluding carboxylic acids is 2. The summed E-state index contributed by atoms with van der Waals surface area (Å²) in [6.07, 6.45) is 0.794. The summed E-state index contributed by atoms with van der Waals surface area (Å²) >= 11 is 0. The summed E-state index contributed by atoms with van der Waals surface area (Å²) in [5.41, 5.74) is 2.43. The number of carbonyl (C=O) groups is 2. The lowest BCUT2D eigenvalue weighted by molar-refractivity contribution is -0.127. The van der Waals surface area contributed by atoms with E-state index in [0.29, 0.717) is 52.0 Å². The number of hydrogen-bond acceptors (Lipinski definition) is 7. The van der Waals surface area contributed by atoms with Crippen LogP contribution in [0, 0.1) is 5.92 Å². The first-order chi connectivity index (χ1) is 19.4. The highest BCUT2D eigenvalue weighted by atomic mass is 16.5. The molecular formula is C30H35N5O5. The van der Waals surface area contributed by atoms with Crippen molar-refractivity contribution >= 4 is 28.5 Å². The molecule has 4 rings (SSSR count). The third-order valence-electron chi connectivity index (χ3n) is 6.56. The molecule has 0 saturated carbocycles. The van der Waals surface area contributed by atoms with Crippen molar-refractivity contribution in [2.45, 2.75) is 32.9 Å². The van der Waals surface area contributed by atoms with Gasteiger partial charge >= 0.3 is 0 Å². The van der Waals surface area contributed by atoms with Crippen molar-refractivity contribution in [1.29, 1.82) is 0 Å².